The molecule has 7 nitrogen and oxygen atoms in total. The molecule has 0 aliphatic carbocycles. The molecule has 0 aliphatic rings. The standard InChI is InChI=1S/C18H27N3O4S/c1-18(2,3)25-17(24)21-14(9-10-26-4)16(23)20-11-12-5-7-13(8-6-12)15(19)22/h5-8,14H,9-11H2,1-4H3,(H2,19,22)(H,20,23)(H,21,24). The van der Waals surface area contributed by atoms with Crippen LogP contribution in [-0.4, -0.2) is 41.6 Å². The summed E-state index contributed by atoms with van der Waals surface area (Å²) in [5, 5.41) is 5.41. The van der Waals surface area contributed by atoms with Crippen LogP contribution >= 0.6 is 11.8 Å². The number of amides is 3. The van der Waals surface area contributed by atoms with Gasteiger partial charge in [-0.05, 0) is 56.9 Å². The molecule has 1 rings (SSSR count). The van der Waals surface area contributed by atoms with Crippen molar-refractivity contribution < 1.29 is 19.1 Å². The fourth-order valence-corrected chi connectivity index (χ4v) is 2.52. The molecule has 26 heavy (non-hydrogen) atoms. The van der Waals surface area contributed by atoms with E-state index in [0.29, 0.717) is 12.0 Å². The van der Waals surface area contributed by atoms with E-state index in [2.05, 4.69) is 10.6 Å². The molecular formula is C18H27N3O4S. The van der Waals surface area contributed by atoms with Crippen LogP contribution in [0.15, 0.2) is 24.3 Å². The van der Waals surface area contributed by atoms with Gasteiger partial charge in [0.1, 0.15) is 11.6 Å². The number of hydrogen-bond acceptors (Lipinski definition) is 5. The van der Waals surface area contributed by atoms with Crippen LogP contribution in [0.5, 0.6) is 0 Å². The summed E-state index contributed by atoms with van der Waals surface area (Å²) in [5.41, 5.74) is 5.80. The van der Waals surface area contributed by atoms with Crippen molar-refractivity contribution in [3.05, 3.63) is 35.4 Å². The van der Waals surface area contributed by atoms with Gasteiger partial charge in [-0.3, -0.25) is 9.59 Å². The Balaban J connectivity index is 2.64. The summed E-state index contributed by atoms with van der Waals surface area (Å²) in [6.07, 6.45) is 1.81. The molecule has 0 bridgehead atoms. The molecule has 3 amide bonds. The molecule has 1 aromatic carbocycles. The van der Waals surface area contributed by atoms with Crippen molar-refractivity contribution in [1.29, 1.82) is 0 Å². The number of nitrogens with two attached hydrogens (primary N) is 1. The molecule has 4 N–H and O–H groups in total. The largest absolute Gasteiger partial charge is 0.444 e. The Labute approximate surface area is 158 Å². The first-order chi connectivity index (χ1) is 12.1. The Kier molecular flexibility index (Phi) is 8.44. The van der Waals surface area contributed by atoms with Crippen LogP contribution < -0.4 is 16.4 Å². The van der Waals surface area contributed by atoms with Crippen LogP contribution in [0, 0.1) is 0 Å². The molecule has 0 aromatic heterocycles. The number of nitrogens with one attached hydrogen (secondary N) is 2. The van der Waals surface area contributed by atoms with E-state index in [1.807, 2.05) is 6.26 Å². The Hall–Kier alpha value is -2.22. The summed E-state index contributed by atoms with van der Waals surface area (Å²) in [4.78, 5) is 35.5. The Morgan fingerprint density at radius 2 is 1.81 bits per heavy atom. The zero-order valence-electron chi connectivity index (χ0n) is 15.6. The van der Waals surface area contributed by atoms with Gasteiger partial charge in [0, 0.05) is 12.1 Å². The van der Waals surface area contributed by atoms with Gasteiger partial charge in [-0.15, -0.1) is 0 Å². The molecule has 0 radical (unpaired) electrons. The van der Waals surface area contributed by atoms with Crippen LogP contribution in [0.3, 0.4) is 0 Å². The maximum atomic E-state index is 12.4. The van der Waals surface area contributed by atoms with Crippen LogP contribution in [0.2, 0.25) is 0 Å². The van der Waals surface area contributed by atoms with E-state index in [9.17, 15) is 14.4 Å². The average Bonchev–Trinajstić information content (AvgIpc) is 2.55. The molecule has 0 aliphatic heterocycles. The number of benzene rings is 1. The smallest absolute Gasteiger partial charge is 0.408 e. The Morgan fingerprint density at radius 1 is 1.19 bits per heavy atom. The van der Waals surface area contributed by atoms with Crippen molar-refractivity contribution in [3.8, 4) is 0 Å². The maximum Gasteiger partial charge on any atom is 0.408 e. The number of rotatable bonds is 8. The molecule has 1 unspecified atom stereocenters. The van der Waals surface area contributed by atoms with E-state index in [1.54, 1.807) is 56.8 Å². The SMILES string of the molecule is CSCCC(NC(=O)OC(C)(C)C)C(=O)NCc1ccc(C(N)=O)cc1. The second-order valence-corrected chi connectivity index (χ2v) is 7.74. The molecule has 0 saturated heterocycles. The maximum absolute atomic E-state index is 12.4. The first kappa shape index (κ1) is 21.8. The van der Waals surface area contributed by atoms with Crippen molar-refractivity contribution in [2.45, 2.75) is 45.4 Å². The molecule has 0 heterocycles. The third-order valence-electron chi connectivity index (χ3n) is 3.32. The second kappa shape index (κ2) is 10.1. The highest BCUT2D eigenvalue weighted by atomic mass is 32.2. The molecule has 1 aromatic rings. The monoisotopic (exact) mass is 381 g/mol. The molecule has 0 saturated carbocycles. The molecule has 1 atom stereocenters. The van der Waals surface area contributed by atoms with Crippen LogP contribution in [0.4, 0.5) is 4.79 Å². The van der Waals surface area contributed by atoms with E-state index in [4.69, 9.17) is 10.5 Å². The van der Waals surface area contributed by atoms with E-state index in [1.165, 1.54) is 0 Å². The summed E-state index contributed by atoms with van der Waals surface area (Å²) >= 11 is 1.59. The second-order valence-electron chi connectivity index (χ2n) is 6.76. The fraction of sp³-hybridized carbons (Fsp3) is 0.500. The lowest BCUT2D eigenvalue weighted by atomic mass is 10.1. The van der Waals surface area contributed by atoms with Gasteiger partial charge in [-0.2, -0.15) is 11.8 Å². The summed E-state index contributed by atoms with van der Waals surface area (Å²) in [5.74, 6) is -0.0653. The Bertz CT molecular complexity index is 626. The molecule has 144 valence electrons. The molecule has 0 fully saturated rings. The van der Waals surface area contributed by atoms with Crippen LogP contribution in [0.1, 0.15) is 43.1 Å². The average molecular weight is 381 g/mol. The fourth-order valence-electron chi connectivity index (χ4n) is 2.05. The number of carbonyl (C=O) groups excluding carboxylic acids is 3. The van der Waals surface area contributed by atoms with Crippen molar-refractivity contribution in [2.24, 2.45) is 5.73 Å². The number of hydrogen-bond donors (Lipinski definition) is 3. The summed E-state index contributed by atoms with van der Waals surface area (Å²) in [6, 6.07) is 5.97. The van der Waals surface area contributed by atoms with Gasteiger partial charge in [-0.1, -0.05) is 12.1 Å². The van der Waals surface area contributed by atoms with E-state index < -0.39 is 23.6 Å². The Morgan fingerprint density at radius 3 is 2.31 bits per heavy atom. The zero-order chi connectivity index (χ0) is 19.7. The van der Waals surface area contributed by atoms with E-state index >= 15 is 0 Å². The molecule has 8 heteroatoms. The minimum Gasteiger partial charge on any atom is -0.444 e. The summed E-state index contributed by atoms with van der Waals surface area (Å²) in [6.45, 7) is 5.57. The first-order valence-electron chi connectivity index (χ1n) is 8.27. The molecular weight excluding hydrogens is 354 g/mol. The predicted molar refractivity (Wildman–Crippen MR) is 103 cm³/mol. The van der Waals surface area contributed by atoms with Gasteiger partial charge in [0.2, 0.25) is 11.8 Å². The highest BCUT2D eigenvalue weighted by Gasteiger charge is 2.23. The summed E-state index contributed by atoms with van der Waals surface area (Å²) in [7, 11) is 0. The van der Waals surface area contributed by atoms with Crippen molar-refractivity contribution >= 4 is 29.7 Å². The van der Waals surface area contributed by atoms with Crippen LogP contribution in [0.25, 0.3) is 0 Å². The van der Waals surface area contributed by atoms with E-state index in [0.717, 1.165) is 11.3 Å². The lowest BCUT2D eigenvalue weighted by Crippen LogP contribution is -2.48. The summed E-state index contributed by atoms with van der Waals surface area (Å²) < 4.78 is 5.22. The van der Waals surface area contributed by atoms with Crippen molar-refractivity contribution in [1.82, 2.24) is 10.6 Å². The normalized spacial score (nSPS) is 12.2. The van der Waals surface area contributed by atoms with Crippen LogP contribution in [-0.2, 0) is 16.1 Å². The minimum absolute atomic E-state index is 0.281. The number of alkyl carbamates (subject to hydrolysis) is 1. The number of ether oxygens (including phenoxy) is 1. The lowest BCUT2D eigenvalue weighted by Gasteiger charge is -2.23. The van der Waals surface area contributed by atoms with Gasteiger partial charge in [-0.25, -0.2) is 4.79 Å². The molecule has 0 spiro atoms. The van der Waals surface area contributed by atoms with Gasteiger partial charge >= 0.3 is 6.09 Å². The van der Waals surface area contributed by atoms with Crippen molar-refractivity contribution in [2.75, 3.05) is 12.0 Å². The number of primary amides is 1. The minimum atomic E-state index is -0.679. The van der Waals surface area contributed by atoms with E-state index in [-0.39, 0.29) is 12.5 Å². The van der Waals surface area contributed by atoms with Gasteiger partial charge in [0.25, 0.3) is 0 Å². The first-order valence-corrected chi connectivity index (χ1v) is 9.66. The number of carbonyl (C=O) groups is 3. The van der Waals surface area contributed by atoms with Crippen molar-refractivity contribution in [3.63, 3.8) is 0 Å². The third-order valence-corrected chi connectivity index (χ3v) is 3.97. The third kappa shape index (κ3) is 8.24. The quantitative estimate of drug-likeness (QED) is 0.638. The van der Waals surface area contributed by atoms with Gasteiger partial charge in [0.05, 0.1) is 0 Å². The van der Waals surface area contributed by atoms with Gasteiger partial charge < -0.3 is 21.1 Å². The predicted octanol–water partition coefficient (Wildman–Crippen LogP) is 2.05. The highest BCUT2D eigenvalue weighted by Crippen LogP contribution is 2.09. The number of thioether (sulfide) groups is 1. The topological polar surface area (TPSA) is 111 Å². The zero-order valence-corrected chi connectivity index (χ0v) is 16.4. The highest BCUT2D eigenvalue weighted by molar-refractivity contribution is 7.98. The van der Waals surface area contributed by atoms with Gasteiger partial charge in [0.15, 0.2) is 0 Å². The lowest BCUT2D eigenvalue weighted by molar-refractivity contribution is -0.123.